The van der Waals surface area contributed by atoms with Crippen LogP contribution in [0.3, 0.4) is 0 Å². The van der Waals surface area contributed by atoms with Gasteiger partial charge in [-0.05, 0) is 38.4 Å². The second-order valence-electron chi connectivity index (χ2n) is 4.29. The van der Waals surface area contributed by atoms with E-state index in [1.807, 2.05) is 0 Å². The van der Waals surface area contributed by atoms with Crippen LogP contribution in [-0.2, 0) is 6.54 Å². The molecule has 1 aromatic rings. The fraction of sp³-hybridized carbons (Fsp3) is 0.667. The summed E-state index contributed by atoms with van der Waals surface area (Å²) in [5.74, 6) is 0. The number of thiophene rings is 1. The van der Waals surface area contributed by atoms with Gasteiger partial charge in [0, 0.05) is 24.0 Å². The Bertz CT molecular complexity index is 325. The van der Waals surface area contributed by atoms with Gasteiger partial charge in [-0.25, -0.2) is 0 Å². The molecule has 16 heavy (non-hydrogen) atoms. The minimum Gasteiger partial charge on any atom is -0.308 e. The van der Waals surface area contributed by atoms with E-state index >= 15 is 0 Å². The molecule has 0 bridgehead atoms. The van der Waals surface area contributed by atoms with E-state index in [1.165, 1.54) is 10.4 Å². The van der Waals surface area contributed by atoms with Gasteiger partial charge in [0.1, 0.15) is 0 Å². The lowest BCUT2D eigenvalue weighted by atomic mass is 10.3. The first-order valence-corrected chi connectivity index (χ1v) is 6.94. The van der Waals surface area contributed by atoms with Gasteiger partial charge in [0.15, 0.2) is 0 Å². The molecule has 0 radical (unpaired) electrons. The van der Waals surface area contributed by atoms with Gasteiger partial charge in [-0.15, -0.1) is 11.3 Å². The number of nitrogens with zero attached hydrogens (tertiary/aromatic N) is 1. The smallest absolute Gasteiger partial charge is 0.0587 e. The van der Waals surface area contributed by atoms with E-state index in [1.54, 1.807) is 11.3 Å². The van der Waals surface area contributed by atoms with Crippen LogP contribution in [0.1, 0.15) is 24.3 Å². The molecule has 0 aliphatic carbocycles. The summed E-state index contributed by atoms with van der Waals surface area (Å²) in [4.78, 5) is 3.55. The number of nitrogens with one attached hydrogen (secondary N) is 1. The van der Waals surface area contributed by atoms with Gasteiger partial charge in [0.25, 0.3) is 0 Å². The summed E-state index contributed by atoms with van der Waals surface area (Å²) in [7, 11) is 2.14. The van der Waals surface area contributed by atoms with Gasteiger partial charge in [-0.3, -0.25) is 0 Å². The molecule has 0 saturated carbocycles. The fourth-order valence-corrected chi connectivity index (χ4v) is 2.72. The molecule has 1 unspecified atom stereocenters. The first-order valence-electron chi connectivity index (χ1n) is 5.69. The van der Waals surface area contributed by atoms with Crippen LogP contribution in [0.4, 0.5) is 0 Å². The molecule has 0 spiro atoms. The van der Waals surface area contributed by atoms with E-state index < -0.39 is 0 Å². The summed E-state index contributed by atoms with van der Waals surface area (Å²) in [6, 6.07) is 0.489. The van der Waals surface area contributed by atoms with Crippen LogP contribution >= 0.6 is 22.9 Å². The molecule has 0 amide bonds. The second kappa shape index (κ2) is 6.60. The first kappa shape index (κ1) is 14.0. The molecule has 1 rings (SSSR count). The Labute approximate surface area is 108 Å². The Morgan fingerprint density at radius 1 is 1.56 bits per heavy atom. The normalized spacial score (nSPS) is 13.4. The summed E-state index contributed by atoms with van der Waals surface area (Å²) >= 11 is 7.92. The number of hydrogen-bond acceptors (Lipinski definition) is 3. The maximum Gasteiger partial charge on any atom is 0.0587 e. The SMILES string of the molecule is CCN(C)CC(C)NCc1scc(C)c1Cl. The van der Waals surface area contributed by atoms with Crippen molar-refractivity contribution in [2.75, 3.05) is 20.1 Å². The summed E-state index contributed by atoms with van der Waals surface area (Å²) in [5, 5.41) is 6.54. The Morgan fingerprint density at radius 2 is 2.25 bits per heavy atom. The molecule has 4 heteroatoms. The van der Waals surface area contributed by atoms with Crippen LogP contribution in [0.25, 0.3) is 0 Å². The highest BCUT2D eigenvalue weighted by atomic mass is 35.5. The van der Waals surface area contributed by atoms with Crippen molar-refractivity contribution < 1.29 is 0 Å². The Morgan fingerprint density at radius 3 is 2.75 bits per heavy atom. The van der Waals surface area contributed by atoms with Gasteiger partial charge >= 0.3 is 0 Å². The van der Waals surface area contributed by atoms with E-state index in [-0.39, 0.29) is 0 Å². The Balaban J connectivity index is 2.37. The fourth-order valence-electron chi connectivity index (χ4n) is 1.53. The van der Waals surface area contributed by atoms with Crippen LogP contribution in [0, 0.1) is 6.92 Å². The predicted molar refractivity (Wildman–Crippen MR) is 73.5 cm³/mol. The molecule has 92 valence electrons. The van der Waals surface area contributed by atoms with Crippen molar-refractivity contribution in [1.29, 1.82) is 0 Å². The molecule has 1 atom stereocenters. The van der Waals surface area contributed by atoms with E-state index in [2.05, 4.69) is 43.4 Å². The molecule has 0 aliphatic heterocycles. The van der Waals surface area contributed by atoms with Crippen LogP contribution in [-0.4, -0.2) is 31.1 Å². The molecule has 0 saturated heterocycles. The molecule has 1 aromatic heterocycles. The third kappa shape index (κ3) is 4.06. The lowest BCUT2D eigenvalue weighted by Gasteiger charge is -2.20. The summed E-state index contributed by atoms with van der Waals surface area (Å²) in [6.45, 7) is 9.46. The average molecular weight is 261 g/mol. The monoisotopic (exact) mass is 260 g/mol. The summed E-state index contributed by atoms with van der Waals surface area (Å²) in [6.07, 6.45) is 0. The predicted octanol–water partition coefficient (Wildman–Crippen LogP) is 3.14. The zero-order chi connectivity index (χ0) is 12.1. The van der Waals surface area contributed by atoms with Crippen molar-refractivity contribution in [1.82, 2.24) is 10.2 Å². The molecule has 1 N–H and O–H groups in total. The van der Waals surface area contributed by atoms with Crippen molar-refractivity contribution in [2.45, 2.75) is 33.4 Å². The van der Waals surface area contributed by atoms with Crippen molar-refractivity contribution in [2.24, 2.45) is 0 Å². The molecular weight excluding hydrogens is 240 g/mol. The highest BCUT2D eigenvalue weighted by molar-refractivity contribution is 7.10. The van der Waals surface area contributed by atoms with Gasteiger partial charge in [-0.2, -0.15) is 0 Å². The quantitative estimate of drug-likeness (QED) is 0.846. The lowest BCUT2D eigenvalue weighted by molar-refractivity contribution is 0.310. The van der Waals surface area contributed by atoms with Crippen LogP contribution in [0.15, 0.2) is 5.38 Å². The zero-order valence-electron chi connectivity index (χ0n) is 10.5. The third-order valence-corrected chi connectivity index (χ3v) is 4.45. The lowest BCUT2D eigenvalue weighted by Crippen LogP contribution is -2.36. The Hall–Kier alpha value is -0.0900. The van der Waals surface area contributed by atoms with E-state index in [4.69, 9.17) is 11.6 Å². The minimum atomic E-state index is 0.489. The first-order chi connectivity index (χ1) is 7.54. The van der Waals surface area contributed by atoms with Gasteiger partial charge in [0.2, 0.25) is 0 Å². The van der Waals surface area contributed by atoms with Crippen LogP contribution in [0.5, 0.6) is 0 Å². The van der Waals surface area contributed by atoms with Crippen molar-refractivity contribution in [3.63, 3.8) is 0 Å². The van der Waals surface area contributed by atoms with E-state index in [0.717, 1.165) is 24.7 Å². The molecule has 0 fully saturated rings. The highest BCUT2D eigenvalue weighted by Gasteiger charge is 2.08. The van der Waals surface area contributed by atoms with E-state index in [0.29, 0.717) is 6.04 Å². The van der Waals surface area contributed by atoms with E-state index in [9.17, 15) is 0 Å². The number of hydrogen-bond donors (Lipinski definition) is 1. The third-order valence-electron chi connectivity index (χ3n) is 2.71. The van der Waals surface area contributed by atoms with Crippen molar-refractivity contribution in [3.05, 3.63) is 20.8 Å². The standard InChI is InChI=1S/C12H21ClN2S/c1-5-15(4)7-10(3)14-6-11-12(13)9(2)8-16-11/h8,10,14H,5-7H2,1-4H3. The number of aryl methyl sites for hydroxylation is 1. The number of halogens is 1. The van der Waals surface area contributed by atoms with Crippen LogP contribution < -0.4 is 5.32 Å². The number of likely N-dealkylation sites (N-methyl/N-ethyl adjacent to an activating group) is 1. The zero-order valence-corrected chi connectivity index (χ0v) is 12.1. The molecule has 0 aliphatic rings. The summed E-state index contributed by atoms with van der Waals surface area (Å²) < 4.78 is 0. The van der Waals surface area contributed by atoms with Crippen molar-refractivity contribution in [3.8, 4) is 0 Å². The van der Waals surface area contributed by atoms with Crippen molar-refractivity contribution >= 4 is 22.9 Å². The minimum absolute atomic E-state index is 0.489. The number of rotatable bonds is 6. The van der Waals surface area contributed by atoms with Crippen LogP contribution in [0.2, 0.25) is 5.02 Å². The molecule has 0 aromatic carbocycles. The van der Waals surface area contributed by atoms with Gasteiger partial charge < -0.3 is 10.2 Å². The van der Waals surface area contributed by atoms with Gasteiger partial charge in [0.05, 0.1) is 5.02 Å². The second-order valence-corrected chi connectivity index (χ2v) is 5.63. The Kier molecular flexibility index (Phi) is 5.76. The maximum absolute atomic E-state index is 6.19. The van der Waals surface area contributed by atoms with Gasteiger partial charge in [-0.1, -0.05) is 18.5 Å². The molecule has 1 heterocycles. The molecular formula is C12H21ClN2S. The average Bonchev–Trinajstić information content (AvgIpc) is 2.57. The summed E-state index contributed by atoms with van der Waals surface area (Å²) in [5.41, 5.74) is 1.18. The largest absolute Gasteiger partial charge is 0.308 e. The molecule has 2 nitrogen and oxygen atoms in total. The maximum atomic E-state index is 6.19. The topological polar surface area (TPSA) is 15.3 Å². The highest BCUT2D eigenvalue weighted by Crippen LogP contribution is 2.26.